The number of benzene rings is 2. The number of morpholine rings is 1. The van der Waals surface area contributed by atoms with Crippen molar-refractivity contribution < 1.29 is 14.3 Å². The van der Waals surface area contributed by atoms with Gasteiger partial charge in [0, 0.05) is 32.6 Å². The van der Waals surface area contributed by atoms with Gasteiger partial charge in [0.15, 0.2) is 6.10 Å². The van der Waals surface area contributed by atoms with E-state index in [2.05, 4.69) is 35.2 Å². The van der Waals surface area contributed by atoms with Gasteiger partial charge in [0.25, 0.3) is 5.91 Å². The largest absolute Gasteiger partial charge is 0.480 e. The molecule has 3 aliphatic heterocycles. The molecule has 3 atom stereocenters. The summed E-state index contributed by atoms with van der Waals surface area (Å²) in [4.78, 5) is 17.6. The molecule has 0 aromatic heterocycles. The van der Waals surface area contributed by atoms with Crippen LogP contribution >= 0.6 is 0 Å². The number of aryl methyl sites for hydroxylation is 1. The van der Waals surface area contributed by atoms with Crippen LogP contribution in [0.3, 0.4) is 0 Å². The van der Waals surface area contributed by atoms with Gasteiger partial charge in [-0.2, -0.15) is 0 Å². The fourth-order valence-electron chi connectivity index (χ4n) is 4.72. The first kappa shape index (κ1) is 17.7. The average Bonchev–Trinajstić information content (AvgIpc) is 3.34. The number of nitrogens with zero attached hydrogens (tertiary/aromatic N) is 2. The molecule has 2 aromatic rings. The fourth-order valence-corrected chi connectivity index (χ4v) is 4.72. The normalized spacial score (nSPS) is 26.6. The van der Waals surface area contributed by atoms with Crippen molar-refractivity contribution in [3.63, 3.8) is 0 Å². The van der Waals surface area contributed by atoms with Crippen molar-refractivity contribution in [1.82, 2.24) is 9.80 Å². The van der Waals surface area contributed by atoms with Gasteiger partial charge in [0.2, 0.25) is 0 Å². The molecule has 2 fully saturated rings. The van der Waals surface area contributed by atoms with Crippen molar-refractivity contribution >= 4 is 5.91 Å². The summed E-state index contributed by atoms with van der Waals surface area (Å²) in [5, 5.41) is 0. The fraction of sp³-hybridized carbons (Fsp3) is 0.435. The zero-order valence-corrected chi connectivity index (χ0v) is 16.2. The van der Waals surface area contributed by atoms with Crippen LogP contribution in [0.5, 0.6) is 5.75 Å². The van der Waals surface area contributed by atoms with Crippen LogP contribution in [0.2, 0.25) is 0 Å². The Labute approximate surface area is 165 Å². The van der Waals surface area contributed by atoms with Crippen LogP contribution in [0.15, 0.2) is 48.5 Å². The topological polar surface area (TPSA) is 42.0 Å². The van der Waals surface area contributed by atoms with Gasteiger partial charge in [-0.3, -0.25) is 9.69 Å². The standard InChI is InChI=1S/C23H26N2O3/c1-16-6-5-9-18-12-20(28-22(16)18)23(26)25-14-19-21(15-25)27-11-10-24(19)13-17-7-3-2-4-8-17/h2-9,19-21H,10-15H2,1H3/t19-,20?,21+/m1/s1. The van der Waals surface area contributed by atoms with Crippen LogP contribution < -0.4 is 4.74 Å². The highest BCUT2D eigenvalue weighted by atomic mass is 16.5. The Kier molecular flexibility index (Phi) is 4.57. The lowest BCUT2D eigenvalue weighted by molar-refractivity contribution is -0.137. The zero-order chi connectivity index (χ0) is 19.1. The molecule has 1 amide bonds. The summed E-state index contributed by atoms with van der Waals surface area (Å²) >= 11 is 0. The molecule has 146 valence electrons. The predicted molar refractivity (Wildman–Crippen MR) is 106 cm³/mol. The van der Waals surface area contributed by atoms with Crippen molar-refractivity contribution in [3.8, 4) is 5.75 Å². The minimum Gasteiger partial charge on any atom is -0.480 e. The molecule has 3 heterocycles. The number of hydrogen-bond acceptors (Lipinski definition) is 4. The summed E-state index contributed by atoms with van der Waals surface area (Å²) in [5.74, 6) is 0.979. The maximum Gasteiger partial charge on any atom is 0.264 e. The van der Waals surface area contributed by atoms with Crippen molar-refractivity contribution in [2.24, 2.45) is 0 Å². The number of amides is 1. The Balaban J connectivity index is 1.27. The van der Waals surface area contributed by atoms with E-state index in [0.717, 1.165) is 36.6 Å². The second-order valence-electron chi connectivity index (χ2n) is 8.05. The number of likely N-dealkylation sites (tertiary alicyclic amines) is 1. The van der Waals surface area contributed by atoms with Gasteiger partial charge < -0.3 is 14.4 Å². The molecule has 0 radical (unpaired) electrons. The predicted octanol–water partition coefficient (Wildman–Crippen LogP) is 2.41. The molecule has 0 saturated carbocycles. The summed E-state index contributed by atoms with van der Waals surface area (Å²) in [6.45, 7) is 5.93. The summed E-state index contributed by atoms with van der Waals surface area (Å²) in [7, 11) is 0. The number of fused-ring (bicyclic) bond motifs is 2. The Morgan fingerprint density at radius 3 is 2.79 bits per heavy atom. The first-order chi connectivity index (χ1) is 13.7. The van der Waals surface area contributed by atoms with Gasteiger partial charge in [0.1, 0.15) is 5.75 Å². The van der Waals surface area contributed by atoms with Crippen molar-refractivity contribution in [2.45, 2.75) is 38.1 Å². The van der Waals surface area contributed by atoms with Gasteiger partial charge in [-0.1, -0.05) is 48.5 Å². The van der Waals surface area contributed by atoms with Crippen molar-refractivity contribution in [3.05, 3.63) is 65.2 Å². The molecule has 1 unspecified atom stereocenters. The molecular formula is C23H26N2O3. The van der Waals surface area contributed by atoms with Crippen LogP contribution in [-0.2, 0) is 22.5 Å². The molecule has 0 N–H and O–H groups in total. The van der Waals surface area contributed by atoms with Gasteiger partial charge in [-0.25, -0.2) is 0 Å². The van der Waals surface area contributed by atoms with Gasteiger partial charge >= 0.3 is 0 Å². The minimum atomic E-state index is -0.404. The molecule has 2 aromatic carbocycles. The summed E-state index contributed by atoms with van der Waals surface area (Å²) < 4.78 is 12.1. The number of ether oxygens (including phenoxy) is 2. The van der Waals surface area contributed by atoms with Gasteiger partial charge in [-0.05, 0) is 23.6 Å². The van der Waals surface area contributed by atoms with Crippen LogP contribution in [0.25, 0.3) is 0 Å². The molecule has 5 rings (SSSR count). The first-order valence-corrected chi connectivity index (χ1v) is 10.1. The maximum atomic E-state index is 13.2. The van der Waals surface area contributed by atoms with Crippen LogP contribution in [0.1, 0.15) is 16.7 Å². The molecule has 5 nitrogen and oxygen atoms in total. The number of carbonyl (C=O) groups excluding carboxylic acids is 1. The highest BCUT2D eigenvalue weighted by Crippen LogP contribution is 2.33. The van der Waals surface area contributed by atoms with Gasteiger partial charge in [0.05, 0.1) is 18.8 Å². The lowest BCUT2D eigenvalue weighted by Gasteiger charge is -2.36. The maximum absolute atomic E-state index is 13.2. The second-order valence-corrected chi connectivity index (χ2v) is 8.05. The third-order valence-electron chi connectivity index (χ3n) is 6.19. The summed E-state index contributed by atoms with van der Waals surface area (Å²) in [6, 6.07) is 16.9. The highest BCUT2D eigenvalue weighted by Gasteiger charge is 2.44. The average molecular weight is 378 g/mol. The minimum absolute atomic E-state index is 0.0897. The van der Waals surface area contributed by atoms with Gasteiger partial charge in [-0.15, -0.1) is 0 Å². The van der Waals surface area contributed by atoms with E-state index in [-0.39, 0.29) is 18.1 Å². The van der Waals surface area contributed by atoms with E-state index < -0.39 is 6.10 Å². The van der Waals surface area contributed by atoms with E-state index in [0.29, 0.717) is 19.5 Å². The molecule has 0 bridgehead atoms. The molecule has 3 aliphatic rings. The SMILES string of the molecule is Cc1cccc2c1OC(C(=O)N1C[C@@H]3OCCN(Cc4ccccc4)[C@@H]3C1)C2. The van der Waals surface area contributed by atoms with Crippen LogP contribution in [-0.4, -0.2) is 60.2 Å². The lowest BCUT2D eigenvalue weighted by atomic mass is 10.1. The first-order valence-electron chi connectivity index (χ1n) is 10.1. The number of hydrogen-bond donors (Lipinski definition) is 0. The van der Waals surface area contributed by atoms with E-state index in [9.17, 15) is 4.79 Å². The van der Waals surface area contributed by atoms with Crippen LogP contribution in [0, 0.1) is 6.92 Å². The zero-order valence-electron chi connectivity index (χ0n) is 16.2. The van der Waals surface area contributed by atoms with Crippen molar-refractivity contribution in [1.29, 1.82) is 0 Å². The molecule has 28 heavy (non-hydrogen) atoms. The van der Waals surface area contributed by atoms with Crippen molar-refractivity contribution in [2.75, 3.05) is 26.2 Å². The Hall–Kier alpha value is -2.37. The number of carbonyl (C=O) groups is 1. The highest BCUT2D eigenvalue weighted by molar-refractivity contribution is 5.83. The Morgan fingerprint density at radius 1 is 1.11 bits per heavy atom. The third kappa shape index (κ3) is 3.19. The number of para-hydroxylation sites is 1. The van der Waals surface area contributed by atoms with E-state index in [4.69, 9.17) is 9.47 Å². The smallest absolute Gasteiger partial charge is 0.264 e. The second kappa shape index (κ2) is 7.22. The number of rotatable bonds is 3. The quantitative estimate of drug-likeness (QED) is 0.823. The summed E-state index contributed by atoms with van der Waals surface area (Å²) in [5.41, 5.74) is 3.54. The van der Waals surface area contributed by atoms with E-state index in [1.807, 2.05) is 30.0 Å². The Bertz CT molecular complexity index is 869. The van der Waals surface area contributed by atoms with E-state index in [1.54, 1.807) is 0 Å². The molecule has 5 heteroatoms. The van der Waals surface area contributed by atoms with E-state index >= 15 is 0 Å². The third-order valence-corrected chi connectivity index (χ3v) is 6.19. The molecule has 0 aliphatic carbocycles. The summed E-state index contributed by atoms with van der Waals surface area (Å²) in [6.07, 6.45) is 0.349. The lowest BCUT2D eigenvalue weighted by Crippen LogP contribution is -2.50. The monoisotopic (exact) mass is 378 g/mol. The van der Waals surface area contributed by atoms with Crippen LogP contribution in [0.4, 0.5) is 0 Å². The Morgan fingerprint density at radius 2 is 1.96 bits per heavy atom. The molecule has 0 spiro atoms. The molecular weight excluding hydrogens is 352 g/mol. The molecule has 2 saturated heterocycles. The van der Waals surface area contributed by atoms with E-state index in [1.165, 1.54) is 5.56 Å².